The summed E-state index contributed by atoms with van der Waals surface area (Å²) in [5.74, 6) is 0.948. The van der Waals surface area contributed by atoms with E-state index in [-0.39, 0.29) is 10.8 Å². The van der Waals surface area contributed by atoms with Crippen LogP contribution >= 0.6 is 0 Å². The molecule has 0 saturated heterocycles. The number of hydrogen-bond acceptors (Lipinski definition) is 5. The van der Waals surface area contributed by atoms with E-state index in [4.69, 9.17) is 13.3 Å². The van der Waals surface area contributed by atoms with Crippen molar-refractivity contribution >= 4 is 121 Å². The molecule has 0 fully saturated rings. The van der Waals surface area contributed by atoms with Gasteiger partial charge in [-0.25, -0.2) is 0 Å². The second kappa shape index (κ2) is 21.0. The normalized spacial score (nSPS) is 13.7. The lowest BCUT2D eigenvalue weighted by Crippen LogP contribution is -2.16. The molecule has 466 valence electrons. The lowest BCUT2D eigenvalue weighted by Gasteiger charge is -2.28. The van der Waals surface area contributed by atoms with E-state index in [1.54, 1.807) is 0 Å². The summed E-state index contributed by atoms with van der Waals surface area (Å²) in [6.45, 7) is 18.4. The van der Waals surface area contributed by atoms with Gasteiger partial charge >= 0.3 is 0 Å². The van der Waals surface area contributed by atoms with E-state index in [9.17, 15) is 0 Å². The average Bonchev–Trinajstić information content (AvgIpc) is 1.57. The Morgan fingerprint density at radius 3 is 0.938 bits per heavy atom. The monoisotopic (exact) mass is 1250 g/mol. The van der Waals surface area contributed by atoms with Crippen molar-refractivity contribution in [2.24, 2.45) is 0 Å². The SMILES string of the molecule is CC(C)c1ccc(-c2ccc(N(c3ccc4c(c3)C(C)(C)c3ccc5ccccc5c3-4)c3ccc4c(c3)oc3cc5c(cc34)oc3cc4c(cc35)oc3cc(N(c5ccc(-c6ccc(C(C)C)cc6)cc5)c5ccc6c(c5)C(C)(C)c5ccc7ccccc7c5-6)ccc34)cc2)cc1. The summed E-state index contributed by atoms with van der Waals surface area (Å²) in [5.41, 5.74) is 28.7. The van der Waals surface area contributed by atoms with Crippen LogP contribution in [0.2, 0.25) is 0 Å². The van der Waals surface area contributed by atoms with Crippen molar-refractivity contribution in [3.05, 3.63) is 300 Å². The molecular weight excluding hydrogens is 1180 g/mol. The van der Waals surface area contributed by atoms with Crippen LogP contribution in [0.3, 0.4) is 0 Å². The van der Waals surface area contributed by atoms with Crippen molar-refractivity contribution in [3.8, 4) is 44.5 Å². The van der Waals surface area contributed by atoms with Crippen LogP contribution in [0.5, 0.6) is 0 Å². The zero-order valence-electron chi connectivity index (χ0n) is 55.7. The van der Waals surface area contributed by atoms with Crippen molar-refractivity contribution in [1.82, 2.24) is 0 Å². The van der Waals surface area contributed by atoms with Crippen molar-refractivity contribution in [1.29, 1.82) is 0 Å². The van der Waals surface area contributed by atoms with Gasteiger partial charge in [0.25, 0.3) is 0 Å². The summed E-state index contributed by atoms with van der Waals surface area (Å²) in [4.78, 5) is 4.76. The molecule has 0 unspecified atom stereocenters. The lowest BCUT2D eigenvalue weighted by molar-refractivity contribution is 0.660. The molecule has 0 radical (unpaired) electrons. The van der Waals surface area contributed by atoms with Crippen LogP contribution in [0.25, 0.3) is 132 Å². The molecule has 5 nitrogen and oxygen atoms in total. The summed E-state index contributed by atoms with van der Waals surface area (Å²) in [7, 11) is 0. The summed E-state index contributed by atoms with van der Waals surface area (Å²) in [6, 6.07) is 98.8. The van der Waals surface area contributed by atoms with Crippen LogP contribution in [0.15, 0.2) is 280 Å². The molecule has 19 rings (SSSR count). The first-order chi connectivity index (χ1) is 47.2. The first-order valence-corrected chi connectivity index (χ1v) is 34.2. The maximum atomic E-state index is 6.99. The number of benzene rings is 14. The van der Waals surface area contributed by atoms with Crippen LogP contribution in [-0.4, -0.2) is 0 Å². The first kappa shape index (κ1) is 57.1. The Hall–Kier alpha value is -11.4. The molecule has 0 bridgehead atoms. The Balaban J connectivity index is 0.697. The van der Waals surface area contributed by atoms with Gasteiger partial charge in [0.15, 0.2) is 0 Å². The van der Waals surface area contributed by atoms with Crippen molar-refractivity contribution in [2.45, 2.75) is 78.1 Å². The van der Waals surface area contributed by atoms with Crippen LogP contribution < -0.4 is 9.80 Å². The Bertz CT molecular complexity index is 5740. The smallest absolute Gasteiger partial charge is 0.137 e. The Labute approximate surface area is 564 Å². The molecule has 97 heavy (non-hydrogen) atoms. The third-order valence-electron chi connectivity index (χ3n) is 21.8. The van der Waals surface area contributed by atoms with E-state index >= 15 is 0 Å². The number of anilines is 6. The summed E-state index contributed by atoms with van der Waals surface area (Å²) >= 11 is 0. The van der Waals surface area contributed by atoms with E-state index < -0.39 is 0 Å². The molecule has 0 spiro atoms. The highest BCUT2D eigenvalue weighted by molar-refractivity contribution is 6.19. The van der Waals surface area contributed by atoms with Gasteiger partial charge in [-0.1, -0.05) is 213 Å². The van der Waals surface area contributed by atoms with Crippen LogP contribution in [-0.2, 0) is 10.8 Å². The van der Waals surface area contributed by atoms with E-state index in [2.05, 4.69) is 332 Å². The lowest BCUT2D eigenvalue weighted by atomic mass is 9.82. The predicted octanol–water partition coefficient (Wildman–Crippen LogP) is 26.8. The second-order valence-electron chi connectivity index (χ2n) is 28.8. The minimum Gasteiger partial charge on any atom is -0.456 e. The minimum absolute atomic E-state index is 0.212. The third kappa shape index (κ3) is 8.77. The number of rotatable bonds is 10. The van der Waals surface area contributed by atoms with Crippen LogP contribution in [0.1, 0.15) is 101 Å². The highest BCUT2D eigenvalue weighted by atomic mass is 16.3. The van der Waals surface area contributed by atoms with Gasteiger partial charge in [-0.15, -0.1) is 0 Å². The summed E-state index contributed by atoms with van der Waals surface area (Å²) in [6.07, 6.45) is 0. The zero-order valence-corrected chi connectivity index (χ0v) is 55.7. The van der Waals surface area contributed by atoms with Gasteiger partial charge in [-0.2, -0.15) is 0 Å². The van der Waals surface area contributed by atoms with Crippen molar-refractivity contribution in [2.75, 3.05) is 9.80 Å². The molecule has 0 amide bonds. The van der Waals surface area contributed by atoms with Crippen molar-refractivity contribution in [3.63, 3.8) is 0 Å². The van der Waals surface area contributed by atoms with Gasteiger partial charge < -0.3 is 23.1 Å². The standard InChI is InChI=1S/C92H70N2O3/c1-53(2)55-17-21-57(22-18-55)59-25-31-63(32-26-59)93(65-37-41-73-81(45-65)91(5,6)79-43-29-61-13-9-11-15-69(61)89(73)79)67-35-39-71-75-49-87-77(51-85(75)95-83(71)47-67)78-52-86-76(50-88(78)97-87)72-40-36-68(48-84(72)96-86)94(64-33-27-60(28-34-64)58-23-19-56(20-24-58)54(3)4)66-38-42-74-82(46-66)92(7,8)80-44-30-62-14-10-12-16-70(62)90(74)80/h9-54H,1-8H3. The fraction of sp³-hybridized carbons (Fsp3) is 0.130. The zero-order chi connectivity index (χ0) is 65.3. The van der Waals surface area contributed by atoms with Gasteiger partial charge in [0.2, 0.25) is 0 Å². The summed E-state index contributed by atoms with van der Waals surface area (Å²) < 4.78 is 20.9. The van der Waals surface area contributed by atoms with Gasteiger partial charge in [-0.05, 0) is 208 Å². The van der Waals surface area contributed by atoms with Crippen LogP contribution in [0.4, 0.5) is 34.1 Å². The Kier molecular flexibility index (Phi) is 12.4. The molecule has 5 heteroatoms. The number of hydrogen-bond donors (Lipinski definition) is 0. The van der Waals surface area contributed by atoms with Gasteiger partial charge in [-0.3, -0.25) is 0 Å². The topological polar surface area (TPSA) is 45.9 Å². The Morgan fingerprint density at radius 2 is 0.567 bits per heavy atom. The molecule has 0 saturated carbocycles. The number of fused-ring (bicyclic) bond motifs is 19. The quantitative estimate of drug-likeness (QED) is 0.137. The van der Waals surface area contributed by atoms with Crippen LogP contribution in [0, 0.1) is 0 Å². The molecule has 0 N–H and O–H groups in total. The molecule has 3 heterocycles. The van der Waals surface area contributed by atoms with E-state index in [0.29, 0.717) is 11.8 Å². The molecule has 0 atom stereocenters. The molecular formula is C92H70N2O3. The molecule has 17 aromatic rings. The maximum Gasteiger partial charge on any atom is 0.137 e. The average molecular weight is 1250 g/mol. The van der Waals surface area contributed by atoms with Gasteiger partial charge in [0, 0.05) is 89.4 Å². The first-order valence-electron chi connectivity index (χ1n) is 34.2. The largest absolute Gasteiger partial charge is 0.456 e. The molecule has 14 aromatic carbocycles. The summed E-state index contributed by atoms with van der Waals surface area (Å²) in [5, 5.41) is 11.1. The van der Waals surface area contributed by atoms with Gasteiger partial charge in [0.05, 0.1) is 0 Å². The highest BCUT2D eigenvalue weighted by Crippen LogP contribution is 2.56. The number of furan rings is 3. The molecule has 3 aromatic heterocycles. The Morgan fingerprint density at radius 1 is 0.258 bits per heavy atom. The fourth-order valence-electron chi connectivity index (χ4n) is 16.5. The van der Waals surface area contributed by atoms with Gasteiger partial charge in [0.1, 0.15) is 33.5 Å². The van der Waals surface area contributed by atoms with E-state index in [1.165, 1.54) is 99.4 Å². The fourth-order valence-corrected chi connectivity index (χ4v) is 16.5. The van der Waals surface area contributed by atoms with E-state index in [0.717, 1.165) is 99.9 Å². The van der Waals surface area contributed by atoms with E-state index in [1.807, 2.05) is 0 Å². The predicted molar refractivity (Wildman–Crippen MR) is 407 cm³/mol. The minimum atomic E-state index is -0.212. The highest BCUT2D eigenvalue weighted by Gasteiger charge is 2.39. The molecule has 2 aliphatic carbocycles. The maximum absolute atomic E-state index is 6.99. The van der Waals surface area contributed by atoms with Crippen molar-refractivity contribution < 1.29 is 13.3 Å². The number of nitrogens with zero attached hydrogens (tertiary/aromatic N) is 2. The third-order valence-corrected chi connectivity index (χ3v) is 21.8. The molecule has 0 aliphatic heterocycles. The second-order valence-corrected chi connectivity index (χ2v) is 28.8. The molecule has 2 aliphatic rings.